The molecule has 2 saturated carbocycles. The van der Waals surface area contributed by atoms with Crippen molar-refractivity contribution in [2.75, 3.05) is 11.6 Å². The zero-order valence-electron chi connectivity index (χ0n) is 14.2. The van der Waals surface area contributed by atoms with E-state index in [1.807, 2.05) is 37.4 Å². The highest BCUT2D eigenvalue weighted by Gasteiger charge is 2.43. The Morgan fingerprint density at radius 3 is 2.38 bits per heavy atom. The van der Waals surface area contributed by atoms with E-state index in [2.05, 4.69) is 16.0 Å². The molecular formula is C18H25N3O2S. The summed E-state index contributed by atoms with van der Waals surface area (Å²) >= 11 is 1.66. The first-order valence-corrected chi connectivity index (χ1v) is 9.78. The molecule has 0 heterocycles. The second-order valence-electron chi connectivity index (χ2n) is 6.74. The molecule has 1 aromatic carbocycles. The molecular weight excluding hydrogens is 322 g/mol. The molecule has 1 aromatic rings. The zero-order valence-corrected chi connectivity index (χ0v) is 15.0. The van der Waals surface area contributed by atoms with Crippen LogP contribution in [0.3, 0.4) is 0 Å². The molecule has 6 heteroatoms. The summed E-state index contributed by atoms with van der Waals surface area (Å²) in [4.78, 5) is 24.2. The minimum Gasteiger partial charge on any atom is -0.348 e. The lowest BCUT2D eigenvalue weighted by molar-refractivity contribution is -0.126. The smallest absolute Gasteiger partial charge is 0.319 e. The van der Waals surface area contributed by atoms with Crippen LogP contribution in [0.2, 0.25) is 0 Å². The highest BCUT2D eigenvalue weighted by Crippen LogP contribution is 2.43. The molecule has 2 aliphatic rings. The van der Waals surface area contributed by atoms with Crippen molar-refractivity contribution in [1.29, 1.82) is 0 Å². The van der Waals surface area contributed by atoms with Gasteiger partial charge in [0, 0.05) is 11.7 Å². The fourth-order valence-electron chi connectivity index (χ4n) is 2.87. The van der Waals surface area contributed by atoms with Gasteiger partial charge in [0.1, 0.15) is 0 Å². The Hall–Kier alpha value is -1.69. The quantitative estimate of drug-likeness (QED) is 0.738. The molecule has 0 aromatic heterocycles. The zero-order chi connectivity index (χ0) is 17.2. The van der Waals surface area contributed by atoms with Crippen molar-refractivity contribution in [1.82, 2.24) is 10.6 Å². The van der Waals surface area contributed by atoms with Crippen molar-refractivity contribution in [3.63, 3.8) is 0 Å². The number of hydrogen-bond acceptors (Lipinski definition) is 3. The molecule has 3 N–H and O–H groups in total. The second kappa shape index (κ2) is 7.05. The summed E-state index contributed by atoms with van der Waals surface area (Å²) in [7, 11) is 0. The van der Waals surface area contributed by atoms with Gasteiger partial charge in [0.25, 0.3) is 0 Å². The fourth-order valence-corrected chi connectivity index (χ4v) is 3.81. The summed E-state index contributed by atoms with van der Waals surface area (Å²) in [5.41, 5.74) is 1.79. The van der Waals surface area contributed by atoms with E-state index in [-0.39, 0.29) is 22.7 Å². The molecule has 24 heavy (non-hydrogen) atoms. The molecule has 3 amide bonds. The summed E-state index contributed by atoms with van der Waals surface area (Å²) in [6.45, 7) is 1.99. The lowest BCUT2D eigenvalue weighted by Gasteiger charge is -2.39. The molecule has 2 aliphatic carbocycles. The van der Waals surface area contributed by atoms with Gasteiger partial charge in [-0.05, 0) is 63.0 Å². The van der Waals surface area contributed by atoms with Gasteiger partial charge < -0.3 is 16.0 Å². The molecule has 5 nitrogen and oxygen atoms in total. The largest absolute Gasteiger partial charge is 0.348 e. The highest BCUT2D eigenvalue weighted by atomic mass is 32.2. The van der Waals surface area contributed by atoms with Gasteiger partial charge >= 0.3 is 6.03 Å². The number of carbonyl (C=O) groups is 2. The molecule has 0 radical (unpaired) electrons. The van der Waals surface area contributed by atoms with Gasteiger partial charge in [-0.1, -0.05) is 12.1 Å². The first-order chi connectivity index (χ1) is 11.5. The number of amides is 3. The molecule has 130 valence electrons. The van der Waals surface area contributed by atoms with E-state index in [4.69, 9.17) is 0 Å². The monoisotopic (exact) mass is 347 g/mol. The molecule has 2 fully saturated rings. The molecule has 0 spiro atoms. The van der Waals surface area contributed by atoms with Crippen molar-refractivity contribution < 1.29 is 9.59 Å². The van der Waals surface area contributed by atoms with Gasteiger partial charge in [0.2, 0.25) is 5.91 Å². The molecule has 0 bridgehead atoms. The predicted molar refractivity (Wildman–Crippen MR) is 98.3 cm³/mol. The Kier molecular flexibility index (Phi) is 5.04. The number of nitrogens with one attached hydrogen (secondary N) is 3. The lowest BCUT2D eigenvalue weighted by Crippen LogP contribution is -2.49. The molecule has 1 atom stereocenters. The van der Waals surface area contributed by atoms with Crippen LogP contribution in [0.4, 0.5) is 10.5 Å². The minimum absolute atomic E-state index is 0.0449. The number of thioether (sulfide) groups is 1. The maximum absolute atomic E-state index is 12.5. The summed E-state index contributed by atoms with van der Waals surface area (Å²) < 4.78 is -0.226. The van der Waals surface area contributed by atoms with Crippen LogP contribution in [0.1, 0.15) is 50.6 Å². The van der Waals surface area contributed by atoms with Gasteiger partial charge in [-0.2, -0.15) is 0 Å². The van der Waals surface area contributed by atoms with E-state index in [1.54, 1.807) is 11.8 Å². The lowest BCUT2D eigenvalue weighted by atomic mass is 9.83. The first kappa shape index (κ1) is 17.1. The molecule has 0 unspecified atom stereocenters. The van der Waals surface area contributed by atoms with E-state index in [9.17, 15) is 9.59 Å². The van der Waals surface area contributed by atoms with Gasteiger partial charge in [-0.25, -0.2) is 4.79 Å². The van der Waals surface area contributed by atoms with E-state index in [0.29, 0.717) is 6.04 Å². The SMILES string of the molecule is CSC1(C(=O)N[C@@H](C)c2ccc(NC(=O)NC3CC3)cc2)CCC1. The number of urea groups is 1. The van der Waals surface area contributed by atoms with Crippen LogP contribution < -0.4 is 16.0 Å². The van der Waals surface area contributed by atoms with Crippen LogP contribution in [-0.2, 0) is 4.79 Å². The number of hydrogen-bond donors (Lipinski definition) is 3. The van der Waals surface area contributed by atoms with Crippen molar-refractivity contribution in [2.24, 2.45) is 0 Å². The average molecular weight is 347 g/mol. The Morgan fingerprint density at radius 2 is 1.88 bits per heavy atom. The third-order valence-corrected chi connectivity index (χ3v) is 6.27. The maximum atomic E-state index is 12.5. The van der Waals surface area contributed by atoms with Crippen molar-refractivity contribution in [2.45, 2.75) is 55.9 Å². The van der Waals surface area contributed by atoms with E-state index >= 15 is 0 Å². The minimum atomic E-state index is -0.226. The van der Waals surface area contributed by atoms with E-state index < -0.39 is 0 Å². The predicted octanol–water partition coefficient (Wildman–Crippen LogP) is 3.43. The van der Waals surface area contributed by atoms with Gasteiger partial charge in [-0.15, -0.1) is 11.8 Å². The average Bonchev–Trinajstić information content (AvgIpc) is 3.31. The Balaban J connectivity index is 1.54. The Morgan fingerprint density at radius 1 is 1.21 bits per heavy atom. The normalized spacial score (nSPS) is 19.8. The number of rotatable bonds is 6. The highest BCUT2D eigenvalue weighted by molar-refractivity contribution is 8.00. The number of benzene rings is 1. The van der Waals surface area contributed by atoms with Crippen molar-refractivity contribution in [3.8, 4) is 0 Å². The van der Waals surface area contributed by atoms with Gasteiger partial charge in [0.05, 0.1) is 10.8 Å². The maximum Gasteiger partial charge on any atom is 0.319 e. The topological polar surface area (TPSA) is 70.2 Å². The van der Waals surface area contributed by atoms with Gasteiger partial charge in [0.15, 0.2) is 0 Å². The fraction of sp³-hybridized carbons (Fsp3) is 0.556. The van der Waals surface area contributed by atoms with Crippen LogP contribution in [-0.4, -0.2) is 29.0 Å². The third-order valence-electron chi connectivity index (χ3n) is 4.89. The van der Waals surface area contributed by atoms with Crippen molar-refractivity contribution in [3.05, 3.63) is 29.8 Å². The van der Waals surface area contributed by atoms with Crippen LogP contribution >= 0.6 is 11.8 Å². The second-order valence-corrected chi connectivity index (χ2v) is 7.93. The van der Waals surface area contributed by atoms with Gasteiger partial charge in [-0.3, -0.25) is 4.79 Å². The Labute approximate surface area is 147 Å². The number of carbonyl (C=O) groups excluding carboxylic acids is 2. The van der Waals surface area contributed by atoms with Crippen LogP contribution in [0.15, 0.2) is 24.3 Å². The summed E-state index contributed by atoms with van der Waals surface area (Å²) in [6, 6.07) is 7.79. The standard InChI is InChI=1S/C18H25N3O2S/c1-12(19-16(22)18(24-2)10-3-11-18)13-4-6-14(7-5-13)20-17(23)21-15-8-9-15/h4-7,12,15H,3,8-11H2,1-2H3,(H,19,22)(H2,20,21,23)/t12-/m0/s1. The van der Waals surface area contributed by atoms with Crippen molar-refractivity contribution >= 4 is 29.4 Å². The first-order valence-electron chi connectivity index (χ1n) is 8.56. The summed E-state index contributed by atoms with van der Waals surface area (Å²) in [5.74, 6) is 0.139. The number of anilines is 1. The van der Waals surface area contributed by atoms with E-state index in [1.165, 1.54) is 0 Å². The summed E-state index contributed by atoms with van der Waals surface area (Å²) in [5, 5.41) is 8.85. The third kappa shape index (κ3) is 3.86. The molecule has 0 aliphatic heterocycles. The van der Waals surface area contributed by atoms with Crippen LogP contribution in [0, 0.1) is 0 Å². The summed E-state index contributed by atoms with van der Waals surface area (Å²) in [6.07, 6.45) is 7.21. The molecule has 3 rings (SSSR count). The van der Waals surface area contributed by atoms with E-state index in [0.717, 1.165) is 43.4 Å². The Bertz CT molecular complexity index is 604. The van der Waals surface area contributed by atoms with Crippen LogP contribution in [0.25, 0.3) is 0 Å². The molecule has 0 saturated heterocycles. The van der Waals surface area contributed by atoms with Crippen LogP contribution in [0.5, 0.6) is 0 Å².